The normalized spacial score (nSPS) is 22.6. The molecular formula is C20H38N4O4. The molecule has 5 unspecified atom stereocenters. The highest BCUT2D eigenvalue weighted by Gasteiger charge is 2.32. The number of carbonyl (C=O) groups is 3. The molecule has 0 aromatic heterocycles. The van der Waals surface area contributed by atoms with Gasteiger partial charge in [0.15, 0.2) is 0 Å². The molecule has 0 aromatic rings. The van der Waals surface area contributed by atoms with E-state index in [0.29, 0.717) is 13.0 Å². The van der Waals surface area contributed by atoms with Crippen molar-refractivity contribution in [3.05, 3.63) is 0 Å². The smallest absolute Gasteiger partial charge is 0.242 e. The van der Waals surface area contributed by atoms with Crippen LogP contribution < -0.4 is 16.0 Å². The summed E-state index contributed by atoms with van der Waals surface area (Å²) >= 11 is 0. The molecule has 8 heteroatoms. The Morgan fingerprint density at radius 1 is 1.25 bits per heavy atom. The van der Waals surface area contributed by atoms with Gasteiger partial charge in [-0.15, -0.1) is 0 Å². The van der Waals surface area contributed by atoms with Crippen LogP contribution in [0.4, 0.5) is 0 Å². The van der Waals surface area contributed by atoms with Crippen LogP contribution in [0.3, 0.4) is 0 Å². The van der Waals surface area contributed by atoms with Gasteiger partial charge in [0.1, 0.15) is 0 Å². The van der Waals surface area contributed by atoms with E-state index in [9.17, 15) is 14.4 Å². The SMILES string of the molecule is CCC(C)C(C(CC)OC)N(C)C(=O)CNC(=O)C1CC(NC(C)=O)CCN1. The van der Waals surface area contributed by atoms with E-state index in [2.05, 4.69) is 29.8 Å². The Bertz CT molecular complexity index is 524. The van der Waals surface area contributed by atoms with Crippen molar-refractivity contribution in [1.29, 1.82) is 0 Å². The van der Waals surface area contributed by atoms with Crippen LogP contribution in [0.25, 0.3) is 0 Å². The van der Waals surface area contributed by atoms with Gasteiger partial charge < -0.3 is 25.6 Å². The van der Waals surface area contributed by atoms with E-state index in [4.69, 9.17) is 4.74 Å². The fourth-order valence-electron chi connectivity index (χ4n) is 3.90. The standard InChI is InChI=1S/C20H38N4O4/c1-7-13(3)19(17(8-2)28-6)24(5)18(26)12-22-20(27)16-11-15(9-10-21-16)23-14(4)25/h13,15-17,19,21H,7-12H2,1-6H3,(H,22,27)(H,23,25). The van der Waals surface area contributed by atoms with Gasteiger partial charge in [-0.25, -0.2) is 0 Å². The lowest BCUT2D eigenvalue weighted by molar-refractivity contribution is -0.138. The molecule has 8 nitrogen and oxygen atoms in total. The lowest BCUT2D eigenvalue weighted by atomic mass is 9.91. The predicted octanol–water partition coefficient (Wildman–Crippen LogP) is 0.657. The molecule has 0 bridgehead atoms. The number of carbonyl (C=O) groups excluding carboxylic acids is 3. The van der Waals surface area contributed by atoms with Crippen LogP contribution in [0, 0.1) is 5.92 Å². The molecular weight excluding hydrogens is 360 g/mol. The summed E-state index contributed by atoms with van der Waals surface area (Å²) in [6, 6.07) is -0.465. The van der Waals surface area contributed by atoms with Crippen molar-refractivity contribution < 1.29 is 19.1 Å². The molecule has 1 heterocycles. The summed E-state index contributed by atoms with van der Waals surface area (Å²) in [4.78, 5) is 38.1. The number of hydrogen-bond acceptors (Lipinski definition) is 5. The topological polar surface area (TPSA) is 99.8 Å². The van der Waals surface area contributed by atoms with Crippen LogP contribution in [0.15, 0.2) is 0 Å². The van der Waals surface area contributed by atoms with E-state index in [0.717, 1.165) is 19.3 Å². The molecule has 0 spiro atoms. The molecule has 162 valence electrons. The zero-order chi connectivity index (χ0) is 21.3. The number of ether oxygens (including phenoxy) is 1. The monoisotopic (exact) mass is 398 g/mol. The van der Waals surface area contributed by atoms with Gasteiger partial charge in [0.05, 0.1) is 24.7 Å². The molecule has 0 aliphatic carbocycles. The molecule has 28 heavy (non-hydrogen) atoms. The van der Waals surface area contributed by atoms with Gasteiger partial charge in [0.2, 0.25) is 17.7 Å². The minimum absolute atomic E-state index is 0.0188. The number of hydrogen-bond donors (Lipinski definition) is 3. The lowest BCUT2D eigenvalue weighted by Gasteiger charge is -2.37. The highest BCUT2D eigenvalue weighted by atomic mass is 16.5. The predicted molar refractivity (Wildman–Crippen MR) is 109 cm³/mol. The molecule has 0 aromatic carbocycles. The van der Waals surface area contributed by atoms with Crippen LogP contribution >= 0.6 is 0 Å². The number of likely N-dealkylation sites (N-methyl/N-ethyl adjacent to an activating group) is 1. The Morgan fingerprint density at radius 3 is 2.46 bits per heavy atom. The summed E-state index contributed by atoms with van der Waals surface area (Å²) in [7, 11) is 3.45. The summed E-state index contributed by atoms with van der Waals surface area (Å²) in [5, 5.41) is 8.76. The first-order valence-electron chi connectivity index (χ1n) is 10.3. The molecule has 0 saturated carbocycles. The van der Waals surface area contributed by atoms with Gasteiger partial charge in [-0.1, -0.05) is 27.2 Å². The quantitative estimate of drug-likeness (QED) is 0.502. The molecule has 1 rings (SSSR count). The lowest BCUT2D eigenvalue weighted by Crippen LogP contribution is -2.56. The molecule has 5 atom stereocenters. The maximum absolute atomic E-state index is 12.7. The summed E-state index contributed by atoms with van der Waals surface area (Å²) in [5.74, 6) is -0.158. The molecule has 1 aliphatic rings. The zero-order valence-corrected chi connectivity index (χ0v) is 18.2. The summed E-state index contributed by atoms with van der Waals surface area (Å²) in [6.07, 6.45) is 3.01. The molecule has 3 amide bonds. The van der Waals surface area contributed by atoms with Crippen LogP contribution in [0.5, 0.6) is 0 Å². The first-order valence-corrected chi connectivity index (χ1v) is 10.3. The van der Waals surface area contributed by atoms with E-state index < -0.39 is 6.04 Å². The van der Waals surface area contributed by atoms with Gasteiger partial charge in [-0.05, 0) is 31.7 Å². The Morgan fingerprint density at radius 2 is 1.93 bits per heavy atom. The minimum atomic E-state index is -0.406. The maximum atomic E-state index is 12.7. The van der Waals surface area contributed by atoms with Gasteiger partial charge >= 0.3 is 0 Å². The fraction of sp³-hybridized carbons (Fsp3) is 0.850. The van der Waals surface area contributed by atoms with Crippen molar-refractivity contribution in [2.24, 2.45) is 5.92 Å². The largest absolute Gasteiger partial charge is 0.379 e. The second-order valence-corrected chi connectivity index (χ2v) is 7.71. The third-order valence-electron chi connectivity index (χ3n) is 5.70. The van der Waals surface area contributed by atoms with Crippen molar-refractivity contribution in [2.45, 2.75) is 77.6 Å². The molecule has 0 radical (unpaired) electrons. The molecule has 1 aliphatic heterocycles. The van der Waals surface area contributed by atoms with Crippen LogP contribution in [-0.4, -0.2) is 74.1 Å². The second kappa shape index (κ2) is 12.0. The highest BCUT2D eigenvalue weighted by Crippen LogP contribution is 2.21. The number of nitrogens with zero attached hydrogens (tertiary/aromatic N) is 1. The fourth-order valence-corrected chi connectivity index (χ4v) is 3.90. The van der Waals surface area contributed by atoms with Gasteiger partial charge in [-0.2, -0.15) is 0 Å². The third-order valence-corrected chi connectivity index (χ3v) is 5.70. The Hall–Kier alpha value is -1.67. The van der Waals surface area contributed by atoms with Crippen molar-refractivity contribution in [1.82, 2.24) is 20.9 Å². The zero-order valence-electron chi connectivity index (χ0n) is 18.2. The average Bonchev–Trinajstić information content (AvgIpc) is 2.68. The van der Waals surface area contributed by atoms with E-state index >= 15 is 0 Å². The first-order chi connectivity index (χ1) is 13.2. The van der Waals surface area contributed by atoms with E-state index in [-0.39, 0.29) is 48.4 Å². The summed E-state index contributed by atoms with van der Waals surface area (Å²) < 4.78 is 5.59. The van der Waals surface area contributed by atoms with Gasteiger partial charge in [0, 0.05) is 27.1 Å². The van der Waals surface area contributed by atoms with Crippen LogP contribution in [0.2, 0.25) is 0 Å². The summed E-state index contributed by atoms with van der Waals surface area (Å²) in [6.45, 7) is 8.33. The Balaban J connectivity index is 2.63. The van der Waals surface area contributed by atoms with Crippen molar-refractivity contribution >= 4 is 17.7 Å². The van der Waals surface area contributed by atoms with Crippen molar-refractivity contribution in [2.75, 3.05) is 27.2 Å². The number of rotatable bonds is 10. The second-order valence-electron chi connectivity index (χ2n) is 7.71. The Kier molecular flexibility index (Phi) is 10.5. The number of amides is 3. The van der Waals surface area contributed by atoms with E-state index in [1.165, 1.54) is 6.92 Å². The van der Waals surface area contributed by atoms with Crippen molar-refractivity contribution in [3.63, 3.8) is 0 Å². The molecule has 3 N–H and O–H groups in total. The van der Waals surface area contributed by atoms with Gasteiger partial charge in [-0.3, -0.25) is 14.4 Å². The third kappa shape index (κ3) is 7.05. The minimum Gasteiger partial charge on any atom is -0.379 e. The highest BCUT2D eigenvalue weighted by molar-refractivity contribution is 5.87. The number of nitrogens with one attached hydrogen (secondary N) is 3. The molecule has 1 fully saturated rings. The Labute approximate surface area is 169 Å². The summed E-state index contributed by atoms with van der Waals surface area (Å²) in [5.41, 5.74) is 0. The van der Waals surface area contributed by atoms with Gasteiger partial charge in [0.25, 0.3) is 0 Å². The maximum Gasteiger partial charge on any atom is 0.242 e. The first kappa shape index (κ1) is 24.4. The number of methoxy groups -OCH3 is 1. The molecule has 1 saturated heterocycles. The average molecular weight is 399 g/mol. The van der Waals surface area contributed by atoms with E-state index in [1.54, 1.807) is 19.1 Å². The van der Waals surface area contributed by atoms with Crippen LogP contribution in [-0.2, 0) is 19.1 Å². The van der Waals surface area contributed by atoms with Crippen LogP contribution in [0.1, 0.15) is 53.4 Å². The van der Waals surface area contributed by atoms with E-state index in [1.807, 2.05) is 6.92 Å². The van der Waals surface area contributed by atoms with Crippen molar-refractivity contribution in [3.8, 4) is 0 Å². The number of piperidine rings is 1.